The van der Waals surface area contributed by atoms with Gasteiger partial charge in [0.2, 0.25) is 5.91 Å². The average molecular weight is 297 g/mol. The lowest BCUT2D eigenvalue weighted by Gasteiger charge is -2.10. The van der Waals surface area contributed by atoms with Crippen LogP contribution in [0.1, 0.15) is 5.56 Å². The number of hydrogen-bond donors (Lipinski definition) is 2. The topological polar surface area (TPSA) is 94.1 Å². The predicted molar refractivity (Wildman–Crippen MR) is 74.7 cm³/mol. The van der Waals surface area contributed by atoms with Crippen LogP contribution in [0.4, 0.5) is 0 Å². The molecule has 0 heterocycles. The molecule has 0 spiro atoms. The molecule has 1 rings (SSSR count). The Morgan fingerprint density at radius 1 is 1.24 bits per heavy atom. The van der Waals surface area contributed by atoms with Crippen molar-refractivity contribution in [1.82, 2.24) is 5.32 Å². The molecule has 0 atom stereocenters. The number of ether oxygens (including phenoxy) is 3. The molecular weight excluding hydrogens is 278 g/mol. The molecule has 7 heteroatoms. The Hall–Kier alpha value is -2.28. The molecule has 1 amide bonds. The minimum absolute atomic E-state index is 0.138. The number of carbonyl (C=O) groups excluding carboxylic acids is 1. The highest BCUT2D eigenvalue weighted by Crippen LogP contribution is 2.24. The van der Waals surface area contributed by atoms with E-state index in [0.717, 1.165) is 0 Å². The smallest absolute Gasteiger partial charge is 0.329 e. The van der Waals surface area contributed by atoms with E-state index in [4.69, 9.17) is 19.3 Å². The molecule has 0 aliphatic carbocycles. The zero-order valence-electron chi connectivity index (χ0n) is 12.0. The Labute approximate surface area is 122 Å². The number of carboxylic acid groups (broad SMARTS) is 1. The molecule has 0 saturated heterocycles. The van der Waals surface area contributed by atoms with Gasteiger partial charge in [0.15, 0.2) is 0 Å². The maximum absolute atomic E-state index is 11.8. The van der Waals surface area contributed by atoms with Gasteiger partial charge < -0.3 is 24.6 Å². The Bertz CT molecular complexity index is 488. The van der Waals surface area contributed by atoms with E-state index in [1.165, 1.54) is 7.11 Å². The lowest BCUT2D eigenvalue weighted by atomic mass is 10.1. The van der Waals surface area contributed by atoms with Crippen LogP contribution in [0.25, 0.3) is 0 Å². The quantitative estimate of drug-likeness (QED) is 0.643. The monoisotopic (exact) mass is 297 g/mol. The van der Waals surface area contributed by atoms with Gasteiger partial charge in [-0.15, -0.1) is 0 Å². The fraction of sp³-hybridized carbons (Fsp3) is 0.429. The standard InChI is InChI=1S/C14H19NO6/c1-19-11-3-4-12(20-2)10(7-11)8-13(16)15-5-6-21-9-14(17)18/h3-4,7H,5-6,8-9H2,1-2H3,(H,15,16)(H,17,18). The molecule has 0 bridgehead atoms. The van der Waals surface area contributed by atoms with Crippen molar-refractivity contribution >= 4 is 11.9 Å². The SMILES string of the molecule is COc1ccc(OC)c(CC(=O)NCCOCC(=O)O)c1. The summed E-state index contributed by atoms with van der Waals surface area (Å²) in [5.41, 5.74) is 0.709. The number of methoxy groups -OCH3 is 2. The van der Waals surface area contributed by atoms with Gasteiger partial charge in [-0.25, -0.2) is 4.79 Å². The molecule has 0 aromatic heterocycles. The van der Waals surface area contributed by atoms with Crippen LogP contribution < -0.4 is 14.8 Å². The molecule has 116 valence electrons. The van der Waals surface area contributed by atoms with Gasteiger partial charge >= 0.3 is 5.97 Å². The van der Waals surface area contributed by atoms with Crippen LogP contribution in [0, 0.1) is 0 Å². The molecule has 1 aromatic carbocycles. The fourth-order valence-corrected chi connectivity index (χ4v) is 1.68. The van der Waals surface area contributed by atoms with Gasteiger partial charge in [0.1, 0.15) is 18.1 Å². The van der Waals surface area contributed by atoms with Crippen molar-refractivity contribution in [2.45, 2.75) is 6.42 Å². The zero-order valence-corrected chi connectivity index (χ0v) is 12.0. The molecule has 0 aliphatic rings. The lowest BCUT2D eigenvalue weighted by Crippen LogP contribution is -2.29. The van der Waals surface area contributed by atoms with Gasteiger partial charge in [0, 0.05) is 12.1 Å². The number of benzene rings is 1. The third kappa shape index (κ3) is 6.13. The van der Waals surface area contributed by atoms with Crippen molar-refractivity contribution in [3.63, 3.8) is 0 Å². The van der Waals surface area contributed by atoms with Gasteiger partial charge in [-0.1, -0.05) is 0 Å². The summed E-state index contributed by atoms with van der Waals surface area (Å²) < 4.78 is 15.1. The molecule has 0 fully saturated rings. The summed E-state index contributed by atoms with van der Waals surface area (Å²) in [5, 5.41) is 11.0. The maximum atomic E-state index is 11.8. The van der Waals surface area contributed by atoms with E-state index in [9.17, 15) is 9.59 Å². The van der Waals surface area contributed by atoms with Crippen molar-refractivity contribution in [2.75, 3.05) is 34.0 Å². The van der Waals surface area contributed by atoms with E-state index in [1.807, 2.05) is 0 Å². The van der Waals surface area contributed by atoms with Crippen molar-refractivity contribution < 1.29 is 28.9 Å². The Morgan fingerprint density at radius 2 is 2.00 bits per heavy atom. The molecular formula is C14H19NO6. The maximum Gasteiger partial charge on any atom is 0.329 e. The van der Waals surface area contributed by atoms with Crippen LogP contribution in [0.15, 0.2) is 18.2 Å². The second-order valence-corrected chi connectivity index (χ2v) is 4.15. The number of nitrogens with one attached hydrogen (secondary N) is 1. The number of amides is 1. The van der Waals surface area contributed by atoms with E-state index in [0.29, 0.717) is 17.1 Å². The van der Waals surface area contributed by atoms with Crippen LogP contribution >= 0.6 is 0 Å². The van der Waals surface area contributed by atoms with E-state index >= 15 is 0 Å². The minimum Gasteiger partial charge on any atom is -0.497 e. The largest absolute Gasteiger partial charge is 0.497 e. The first-order valence-corrected chi connectivity index (χ1v) is 6.34. The fourth-order valence-electron chi connectivity index (χ4n) is 1.68. The highest BCUT2D eigenvalue weighted by Gasteiger charge is 2.10. The van der Waals surface area contributed by atoms with Crippen LogP contribution in [-0.2, 0) is 20.7 Å². The van der Waals surface area contributed by atoms with Gasteiger partial charge in [0.05, 0.1) is 27.2 Å². The zero-order chi connectivity index (χ0) is 15.7. The van der Waals surface area contributed by atoms with Crippen molar-refractivity contribution in [3.8, 4) is 11.5 Å². The summed E-state index contributed by atoms with van der Waals surface area (Å²) in [6.45, 7) is 0.0191. The second-order valence-electron chi connectivity index (χ2n) is 4.15. The molecule has 0 saturated carbocycles. The van der Waals surface area contributed by atoms with Crippen molar-refractivity contribution in [1.29, 1.82) is 0 Å². The minimum atomic E-state index is -1.04. The molecule has 0 radical (unpaired) electrons. The number of hydrogen-bond acceptors (Lipinski definition) is 5. The summed E-state index contributed by atoms with van der Waals surface area (Å²) in [4.78, 5) is 22.0. The van der Waals surface area contributed by atoms with Gasteiger partial charge in [-0.2, -0.15) is 0 Å². The second kappa shape index (κ2) is 8.80. The van der Waals surface area contributed by atoms with Crippen LogP contribution in [0.5, 0.6) is 11.5 Å². The van der Waals surface area contributed by atoms with Crippen LogP contribution in [0.2, 0.25) is 0 Å². The molecule has 7 nitrogen and oxygen atoms in total. The third-order valence-electron chi connectivity index (χ3n) is 2.63. The van der Waals surface area contributed by atoms with E-state index < -0.39 is 5.97 Å². The number of carbonyl (C=O) groups is 2. The Kier molecular flexibility index (Phi) is 7.03. The summed E-state index contributed by atoms with van der Waals surface area (Å²) in [7, 11) is 3.08. The summed E-state index contributed by atoms with van der Waals surface area (Å²) >= 11 is 0. The summed E-state index contributed by atoms with van der Waals surface area (Å²) in [6.07, 6.45) is 0.138. The van der Waals surface area contributed by atoms with Gasteiger partial charge in [0.25, 0.3) is 0 Å². The highest BCUT2D eigenvalue weighted by atomic mass is 16.5. The number of aliphatic carboxylic acids is 1. The van der Waals surface area contributed by atoms with Crippen LogP contribution in [-0.4, -0.2) is 51.0 Å². The highest BCUT2D eigenvalue weighted by molar-refractivity contribution is 5.79. The molecule has 21 heavy (non-hydrogen) atoms. The number of carboxylic acids is 1. The molecule has 0 unspecified atom stereocenters. The Morgan fingerprint density at radius 3 is 2.62 bits per heavy atom. The molecule has 2 N–H and O–H groups in total. The van der Waals surface area contributed by atoms with E-state index in [-0.39, 0.29) is 32.1 Å². The van der Waals surface area contributed by atoms with Crippen molar-refractivity contribution in [3.05, 3.63) is 23.8 Å². The first kappa shape index (κ1) is 16.8. The summed E-state index contributed by atoms with van der Waals surface area (Å²) in [5.74, 6) is -0.000565. The number of rotatable bonds is 9. The first-order valence-electron chi connectivity index (χ1n) is 6.34. The predicted octanol–water partition coefficient (Wildman–Crippen LogP) is 0.464. The van der Waals surface area contributed by atoms with E-state index in [2.05, 4.69) is 5.32 Å². The normalized spacial score (nSPS) is 10.0. The van der Waals surface area contributed by atoms with Gasteiger partial charge in [-0.05, 0) is 18.2 Å². The molecule has 1 aromatic rings. The van der Waals surface area contributed by atoms with Crippen LogP contribution in [0.3, 0.4) is 0 Å². The first-order chi connectivity index (χ1) is 10.1. The Balaban J connectivity index is 2.45. The molecule has 0 aliphatic heterocycles. The third-order valence-corrected chi connectivity index (χ3v) is 2.63. The van der Waals surface area contributed by atoms with Gasteiger partial charge in [-0.3, -0.25) is 4.79 Å². The lowest BCUT2D eigenvalue weighted by molar-refractivity contribution is -0.142. The van der Waals surface area contributed by atoms with Crippen molar-refractivity contribution in [2.24, 2.45) is 0 Å². The summed E-state index contributed by atoms with van der Waals surface area (Å²) in [6, 6.07) is 5.22. The van der Waals surface area contributed by atoms with E-state index in [1.54, 1.807) is 25.3 Å². The average Bonchev–Trinajstić information content (AvgIpc) is 2.46.